The van der Waals surface area contributed by atoms with Crippen LogP contribution in [-0.4, -0.2) is 16.2 Å². The van der Waals surface area contributed by atoms with E-state index >= 15 is 0 Å². The van der Waals surface area contributed by atoms with Crippen LogP contribution in [0.4, 0.5) is 0 Å². The zero-order valence-corrected chi connectivity index (χ0v) is 8.64. The van der Waals surface area contributed by atoms with Gasteiger partial charge >= 0.3 is 5.97 Å². The maximum absolute atomic E-state index is 10.4. The van der Waals surface area contributed by atoms with Crippen molar-refractivity contribution in [3.8, 4) is 5.75 Å². The summed E-state index contributed by atoms with van der Waals surface area (Å²) in [6, 6.07) is 5.07. The minimum absolute atomic E-state index is 0.142. The third kappa shape index (κ3) is 2.00. The summed E-state index contributed by atoms with van der Waals surface area (Å²) < 4.78 is 5.28. The summed E-state index contributed by atoms with van der Waals surface area (Å²) in [5.41, 5.74) is 1.57. The van der Waals surface area contributed by atoms with Gasteiger partial charge in [0, 0.05) is 6.42 Å². The minimum Gasteiger partial charge on any atom is -0.507 e. The number of rotatable bonds is 4. The molecule has 1 aromatic carbocycles. The minimum atomic E-state index is -0.797. The molecule has 0 aliphatic rings. The number of aliphatic carboxylic acids is 1. The second kappa shape index (κ2) is 4.26. The number of phenolic OH excluding ortho intramolecular Hbond substituents is 1. The van der Waals surface area contributed by atoms with Gasteiger partial charge < -0.3 is 14.6 Å². The predicted octanol–water partition coefficient (Wildman–Crippen LogP) is 2.55. The van der Waals surface area contributed by atoms with E-state index in [1.165, 1.54) is 6.26 Å². The van der Waals surface area contributed by atoms with E-state index in [1.54, 1.807) is 18.2 Å². The van der Waals surface area contributed by atoms with Gasteiger partial charge in [0.15, 0.2) is 0 Å². The van der Waals surface area contributed by atoms with Crippen molar-refractivity contribution < 1.29 is 19.4 Å². The molecule has 0 saturated carbocycles. The summed E-state index contributed by atoms with van der Waals surface area (Å²) in [6.07, 6.45) is 2.86. The number of carbonyl (C=O) groups is 1. The number of carboxylic acids is 1. The zero-order valence-electron chi connectivity index (χ0n) is 8.64. The van der Waals surface area contributed by atoms with Crippen LogP contribution in [0.15, 0.2) is 28.9 Å². The monoisotopic (exact) mass is 220 g/mol. The molecule has 4 nitrogen and oxygen atoms in total. The molecular weight excluding hydrogens is 208 g/mol. The summed E-state index contributed by atoms with van der Waals surface area (Å²) in [5, 5.41) is 18.8. The van der Waals surface area contributed by atoms with Crippen LogP contribution < -0.4 is 0 Å². The van der Waals surface area contributed by atoms with Gasteiger partial charge in [0.05, 0.1) is 11.6 Å². The highest BCUT2D eigenvalue weighted by Crippen LogP contribution is 2.29. The van der Waals surface area contributed by atoms with Crippen LogP contribution in [0.2, 0.25) is 0 Å². The first-order valence-electron chi connectivity index (χ1n) is 5.08. The molecule has 0 amide bonds. The van der Waals surface area contributed by atoms with Crippen LogP contribution >= 0.6 is 0 Å². The standard InChI is InChI=1S/C12H12O4/c13-10-5-4-8(2-1-3-11(14)15)12-9(10)6-7-16-12/h4-7,13H,1-3H2,(H,14,15). The third-order valence-corrected chi connectivity index (χ3v) is 2.51. The van der Waals surface area contributed by atoms with Crippen LogP contribution in [0.25, 0.3) is 11.0 Å². The second-order valence-electron chi connectivity index (χ2n) is 3.65. The zero-order chi connectivity index (χ0) is 11.5. The molecule has 0 aliphatic carbocycles. The summed E-state index contributed by atoms with van der Waals surface area (Å²) in [4.78, 5) is 10.4. The molecule has 1 aromatic heterocycles. The van der Waals surface area contributed by atoms with Crippen molar-refractivity contribution >= 4 is 16.9 Å². The van der Waals surface area contributed by atoms with E-state index in [9.17, 15) is 9.90 Å². The lowest BCUT2D eigenvalue weighted by Gasteiger charge is -2.02. The van der Waals surface area contributed by atoms with Crippen molar-refractivity contribution in [1.29, 1.82) is 0 Å². The van der Waals surface area contributed by atoms with Crippen molar-refractivity contribution in [2.24, 2.45) is 0 Å². The molecule has 0 unspecified atom stereocenters. The van der Waals surface area contributed by atoms with Gasteiger partial charge in [-0.1, -0.05) is 6.07 Å². The number of phenols is 1. The second-order valence-corrected chi connectivity index (χ2v) is 3.65. The highest BCUT2D eigenvalue weighted by Gasteiger charge is 2.08. The number of aromatic hydroxyl groups is 1. The Morgan fingerprint density at radius 1 is 1.31 bits per heavy atom. The molecule has 2 N–H and O–H groups in total. The highest BCUT2D eigenvalue weighted by atomic mass is 16.4. The van der Waals surface area contributed by atoms with Gasteiger partial charge in [0.2, 0.25) is 0 Å². The molecule has 84 valence electrons. The molecule has 0 bridgehead atoms. The SMILES string of the molecule is O=C(O)CCCc1ccc(O)c2ccoc12. The van der Waals surface area contributed by atoms with Crippen LogP contribution in [0.3, 0.4) is 0 Å². The van der Waals surface area contributed by atoms with E-state index in [-0.39, 0.29) is 12.2 Å². The van der Waals surface area contributed by atoms with Crippen molar-refractivity contribution in [3.63, 3.8) is 0 Å². The van der Waals surface area contributed by atoms with Gasteiger partial charge in [-0.2, -0.15) is 0 Å². The van der Waals surface area contributed by atoms with Crippen molar-refractivity contribution in [1.82, 2.24) is 0 Å². The lowest BCUT2D eigenvalue weighted by Crippen LogP contribution is -1.96. The fourth-order valence-electron chi connectivity index (χ4n) is 1.73. The normalized spacial score (nSPS) is 10.8. The van der Waals surface area contributed by atoms with E-state index in [1.807, 2.05) is 0 Å². The number of furan rings is 1. The van der Waals surface area contributed by atoms with Crippen molar-refractivity contribution in [2.75, 3.05) is 0 Å². The first-order valence-corrected chi connectivity index (χ1v) is 5.08. The Bertz CT molecular complexity index is 513. The largest absolute Gasteiger partial charge is 0.507 e. The van der Waals surface area contributed by atoms with Gasteiger partial charge in [-0.25, -0.2) is 0 Å². The summed E-state index contributed by atoms with van der Waals surface area (Å²) in [6.45, 7) is 0. The smallest absolute Gasteiger partial charge is 0.303 e. The van der Waals surface area contributed by atoms with Crippen molar-refractivity contribution in [3.05, 3.63) is 30.0 Å². The van der Waals surface area contributed by atoms with Crippen LogP contribution in [0, 0.1) is 0 Å². The lowest BCUT2D eigenvalue weighted by molar-refractivity contribution is -0.137. The van der Waals surface area contributed by atoms with Crippen LogP contribution in [-0.2, 0) is 11.2 Å². The van der Waals surface area contributed by atoms with Gasteiger partial charge in [-0.15, -0.1) is 0 Å². The Morgan fingerprint density at radius 2 is 2.12 bits per heavy atom. The summed E-state index contributed by atoms with van der Waals surface area (Å²) in [7, 11) is 0. The molecule has 0 aliphatic heterocycles. The van der Waals surface area contributed by atoms with Crippen LogP contribution in [0.1, 0.15) is 18.4 Å². The van der Waals surface area contributed by atoms with Gasteiger partial charge in [0.1, 0.15) is 11.3 Å². The Hall–Kier alpha value is -1.97. The molecule has 16 heavy (non-hydrogen) atoms. The first-order chi connectivity index (χ1) is 7.68. The maximum atomic E-state index is 10.4. The Morgan fingerprint density at radius 3 is 2.88 bits per heavy atom. The third-order valence-electron chi connectivity index (χ3n) is 2.51. The quantitative estimate of drug-likeness (QED) is 0.830. The fraction of sp³-hybridized carbons (Fsp3) is 0.250. The average molecular weight is 220 g/mol. The van der Waals surface area contributed by atoms with E-state index < -0.39 is 5.97 Å². The van der Waals surface area contributed by atoms with E-state index in [2.05, 4.69) is 0 Å². The van der Waals surface area contributed by atoms with Gasteiger partial charge in [-0.3, -0.25) is 4.79 Å². The molecule has 0 atom stereocenters. The number of fused-ring (bicyclic) bond motifs is 1. The summed E-state index contributed by atoms with van der Waals surface area (Å²) >= 11 is 0. The van der Waals surface area contributed by atoms with Crippen LogP contribution in [0.5, 0.6) is 5.75 Å². The first kappa shape index (κ1) is 10.5. The van der Waals surface area contributed by atoms with E-state index in [0.29, 0.717) is 23.8 Å². The molecule has 0 radical (unpaired) electrons. The highest BCUT2D eigenvalue weighted by molar-refractivity contribution is 5.86. The fourth-order valence-corrected chi connectivity index (χ4v) is 1.73. The molecule has 4 heteroatoms. The lowest BCUT2D eigenvalue weighted by atomic mass is 10.1. The van der Waals surface area contributed by atoms with E-state index in [4.69, 9.17) is 9.52 Å². The molecule has 2 aromatic rings. The maximum Gasteiger partial charge on any atom is 0.303 e. The molecule has 0 spiro atoms. The Balaban J connectivity index is 2.21. The topological polar surface area (TPSA) is 70.7 Å². The molecule has 1 heterocycles. The van der Waals surface area contributed by atoms with Gasteiger partial charge in [-0.05, 0) is 30.5 Å². The number of benzene rings is 1. The number of carboxylic acid groups (broad SMARTS) is 1. The predicted molar refractivity (Wildman–Crippen MR) is 58.5 cm³/mol. The summed E-state index contributed by atoms with van der Waals surface area (Å²) in [5.74, 6) is -0.611. The van der Waals surface area contributed by atoms with E-state index in [0.717, 1.165) is 5.56 Å². The Kier molecular flexibility index (Phi) is 2.81. The number of hydrogen-bond donors (Lipinski definition) is 2. The molecule has 2 rings (SSSR count). The number of aryl methyl sites for hydroxylation is 1. The molecule has 0 fully saturated rings. The Labute approximate surface area is 92.1 Å². The van der Waals surface area contributed by atoms with Crippen molar-refractivity contribution in [2.45, 2.75) is 19.3 Å². The number of hydrogen-bond acceptors (Lipinski definition) is 3. The van der Waals surface area contributed by atoms with Gasteiger partial charge in [0.25, 0.3) is 0 Å². The molecular formula is C12H12O4. The molecule has 0 saturated heterocycles. The average Bonchev–Trinajstić information content (AvgIpc) is 2.70.